The first-order valence-corrected chi connectivity index (χ1v) is 40.0. The van der Waals surface area contributed by atoms with Crippen LogP contribution < -0.4 is 0 Å². The smallest absolute Gasteiger partial charge is 0.462 e. The second-order valence-electron chi connectivity index (χ2n) is 26.6. The lowest BCUT2D eigenvalue weighted by Gasteiger charge is -2.21. The van der Waals surface area contributed by atoms with Crippen molar-refractivity contribution in [3.8, 4) is 0 Å². The van der Waals surface area contributed by atoms with Crippen molar-refractivity contribution in [2.75, 3.05) is 39.6 Å². The van der Waals surface area contributed by atoms with Gasteiger partial charge in [-0.3, -0.25) is 37.3 Å². The lowest BCUT2D eigenvalue weighted by atomic mass is 10.0. The first kappa shape index (κ1) is 88.1. The van der Waals surface area contributed by atoms with Gasteiger partial charge in [0.2, 0.25) is 0 Å². The van der Waals surface area contributed by atoms with E-state index in [-0.39, 0.29) is 25.7 Å². The Hall–Kier alpha value is -1.94. The molecular weight excluding hydrogens is 1190 g/mol. The summed E-state index contributed by atoms with van der Waals surface area (Å²) < 4.78 is 68.3. The van der Waals surface area contributed by atoms with E-state index in [1.165, 1.54) is 173 Å². The second kappa shape index (κ2) is 63.1. The van der Waals surface area contributed by atoms with Crippen LogP contribution in [0.5, 0.6) is 0 Å². The Morgan fingerprint density at radius 2 is 0.511 bits per heavy atom. The molecule has 0 radical (unpaired) electrons. The minimum absolute atomic E-state index is 0.106. The zero-order valence-electron chi connectivity index (χ0n) is 58.4. The third-order valence-electron chi connectivity index (χ3n) is 16.5. The molecule has 0 fully saturated rings. The summed E-state index contributed by atoms with van der Waals surface area (Å²) >= 11 is 0. The molecule has 0 spiro atoms. The van der Waals surface area contributed by atoms with E-state index in [1.54, 1.807) is 0 Å². The normalized spacial score (nSPS) is 14.1. The highest BCUT2D eigenvalue weighted by Crippen LogP contribution is 2.45. The number of phosphoric acid groups is 2. The molecule has 0 aromatic carbocycles. The minimum Gasteiger partial charge on any atom is -0.462 e. The number of ether oxygens (including phenoxy) is 4. The van der Waals surface area contributed by atoms with Crippen LogP contribution in [0.25, 0.3) is 0 Å². The Balaban J connectivity index is 5.23. The molecule has 0 aromatic rings. The number of phosphoric ester groups is 2. The number of unbranched alkanes of at least 4 members (excludes halogenated alkanes) is 40. The fraction of sp³-hybridized carbons (Fsp3) is 0.944. The highest BCUT2D eigenvalue weighted by Gasteiger charge is 2.30. The molecule has 3 N–H and O–H groups in total. The molecule has 0 bridgehead atoms. The van der Waals surface area contributed by atoms with Crippen LogP contribution in [0.2, 0.25) is 0 Å². The molecule has 0 saturated heterocycles. The van der Waals surface area contributed by atoms with Crippen molar-refractivity contribution in [3.63, 3.8) is 0 Å². The molecule has 17 nitrogen and oxygen atoms in total. The summed E-state index contributed by atoms with van der Waals surface area (Å²) in [5.74, 6) is -0.648. The van der Waals surface area contributed by atoms with Crippen LogP contribution in [0.3, 0.4) is 0 Å². The van der Waals surface area contributed by atoms with Crippen LogP contribution in [0.1, 0.15) is 363 Å². The maximum absolute atomic E-state index is 13.0. The van der Waals surface area contributed by atoms with Gasteiger partial charge in [0, 0.05) is 25.7 Å². The van der Waals surface area contributed by atoms with E-state index in [0.29, 0.717) is 31.6 Å². The van der Waals surface area contributed by atoms with Gasteiger partial charge in [-0.2, -0.15) is 0 Å². The van der Waals surface area contributed by atoms with Gasteiger partial charge in [0.1, 0.15) is 19.3 Å². The maximum atomic E-state index is 13.0. The van der Waals surface area contributed by atoms with Crippen molar-refractivity contribution < 1.29 is 80.2 Å². The Morgan fingerprint density at radius 3 is 0.756 bits per heavy atom. The molecule has 0 aliphatic rings. The van der Waals surface area contributed by atoms with Gasteiger partial charge >= 0.3 is 39.5 Å². The van der Waals surface area contributed by atoms with Crippen molar-refractivity contribution in [2.45, 2.75) is 381 Å². The molecule has 0 rings (SSSR count). The van der Waals surface area contributed by atoms with Gasteiger partial charge in [-0.1, -0.05) is 311 Å². The highest BCUT2D eigenvalue weighted by molar-refractivity contribution is 7.47. The van der Waals surface area contributed by atoms with Crippen molar-refractivity contribution in [3.05, 3.63) is 0 Å². The van der Waals surface area contributed by atoms with Gasteiger partial charge in [-0.15, -0.1) is 0 Å². The monoisotopic (exact) mass is 1320 g/mol. The Labute approximate surface area is 549 Å². The van der Waals surface area contributed by atoms with Gasteiger partial charge in [0.25, 0.3) is 0 Å². The summed E-state index contributed by atoms with van der Waals surface area (Å²) in [5, 5.41) is 10.6. The summed E-state index contributed by atoms with van der Waals surface area (Å²) in [4.78, 5) is 72.5. The number of hydrogen-bond acceptors (Lipinski definition) is 15. The van der Waals surface area contributed by atoms with Crippen LogP contribution in [-0.2, 0) is 65.4 Å². The van der Waals surface area contributed by atoms with E-state index in [9.17, 15) is 43.2 Å². The second-order valence-corrected chi connectivity index (χ2v) is 29.5. The van der Waals surface area contributed by atoms with Crippen LogP contribution in [0.4, 0.5) is 0 Å². The van der Waals surface area contributed by atoms with Crippen LogP contribution >= 0.6 is 15.6 Å². The lowest BCUT2D eigenvalue weighted by Crippen LogP contribution is -2.30. The molecule has 0 heterocycles. The van der Waals surface area contributed by atoms with E-state index in [4.69, 9.17) is 37.0 Å². The van der Waals surface area contributed by atoms with Crippen LogP contribution in [-0.4, -0.2) is 96.7 Å². The van der Waals surface area contributed by atoms with Crippen LogP contribution in [0, 0.1) is 11.8 Å². The summed E-state index contributed by atoms with van der Waals surface area (Å²) in [6.07, 6.45) is 48.6. The summed E-state index contributed by atoms with van der Waals surface area (Å²) in [5.41, 5.74) is 0. The number of carbonyl (C=O) groups is 4. The molecule has 2 unspecified atom stereocenters. The molecule has 534 valence electrons. The first-order chi connectivity index (χ1) is 43.4. The number of rotatable bonds is 70. The predicted molar refractivity (Wildman–Crippen MR) is 363 cm³/mol. The quantitative estimate of drug-likeness (QED) is 0.0222. The zero-order chi connectivity index (χ0) is 66.5. The zero-order valence-corrected chi connectivity index (χ0v) is 60.2. The summed E-state index contributed by atoms with van der Waals surface area (Å²) in [6, 6.07) is 0. The van der Waals surface area contributed by atoms with Crippen molar-refractivity contribution in [2.24, 2.45) is 11.8 Å². The maximum Gasteiger partial charge on any atom is 0.472 e. The standard InChI is InChI=1S/C71H138O17P2/c1-7-9-11-13-15-17-19-22-27-30-34-41-47-53-68(73)81-59-66(87-71(76)56-50-44-36-32-28-24-21-20-23-26-29-33-39-45-51-63(3)4)61-85-89(77,78)83-57-65(72)58-84-90(79,80)86-62-67(60-82-69(74)54-48-42-38-37-40-46-52-64(5)6)88-70(75)55-49-43-35-31-25-18-16-14-12-10-8-2/h63-67,72H,7-62H2,1-6H3,(H,77,78)(H,79,80)/t65-,66-,67-/m1/s1. The predicted octanol–water partition coefficient (Wildman–Crippen LogP) is 20.4. The van der Waals surface area contributed by atoms with Gasteiger partial charge < -0.3 is 33.8 Å². The molecule has 19 heteroatoms. The largest absolute Gasteiger partial charge is 0.472 e. The van der Waals surface area contributed by atoms with Crippen molar-refractivity contribution in [1.82, 2.24) is 0 Å². The van der Waals surface area contributed by atoms with Crippen LogP contribution in [0.15, 0.2) is 0 Å². The van der Waals surface area contributed by atoms with E-state index in [0.717, 1.165) is 102 Å². The Kier molecular flexibility index (Phi) is 61.8. The molecule has 90 heavy (non-hydrogen) atoms. The van der Waals surface area contributed by atoms with Crippen molar-refractivity contribution in [1.29, 1.82) is 0 Å². The average molecular weight is 1330 g/mol. The van der Waals surface area contributed by atoms with Gasteiger partial charge in [-0.05, 0) is 37.5 Å². The number of aliphatic hydroxyl groups is 1. The third kappa shape index (κ3) is 64.8. The Bertz CT molecular complexity index is 1750. The molecule has 0 aliphatic carbocycles. The van der Waals surface area contributed by atoms with E-state index >= 15 is 0 Å². The average Bonchev–Trinajstić information content (AvgIpc) is 2.97. The topological polar surface area (TPSA) is 237 Å². The Morgan fingerprint density at radius 1 is 0.300 bits per heavy atom. The molecular formula is C71H138O17P2. The van der Waals surface area contributed by atoms with Gasteiger partial charge in [0.15, 0.2) is 12.2 Å². The fourth-order valence-corrected chi connectivity index (χ4v) is 12.3. The number of carbonyl (C=O) groups excluding carboxylic acids is 4. The number of hydrogen-bond donors (Lipinski definition) is 3. The van der Waals surface area contributed by atoms with E-state index < -0.39 is 97.5 Å². The van der Waals surface area contributed by atoms with Gasteiger partial charge in [-0.25, -0.2) is 9.13 Å². The van der Waals surface area contributed by atoms with Gasteiger partial charge in [0.05, 0.1) is 26.4 Å². The molecule has 5 atom stereocenters. The van der Waals surface area contributed by atoms with Crippen molar-refractivity contribution >= 4 is 39.5 Å². The molecule has 0 aromatic heterocycles. The summed E-state index contributed by atoms with van der Waals surface area (Å²) in [7, 11) is -9.90. The minimum atomic E-state index is -4.95. The molecule has 0 amide bonds. The number of esters is 4. The molecule has 0 saturated carbocycles. The SMILES string of the molecule is CCCCCCCCCCCCCCCC(=O)OC[C@H](COP(=O)(O)OC[C@@H](O)COP(=O)(O)OC[C@@H](COC(=O)CCCCCCCCC(C)C)OC(=O)CCCCCCCCCCCCC)OC(=O)CCCCCCCCCCCCCCCCC(C)C. The molecule has 0 aliphatic heterocycles. The third-order valence-corrected chi connectivity index (χ3v) is 18.4. The fourth-order valence-electron chi connectivity index (χ4n) is 10.8. The summed E-state index contributed by atoms with van der Waals surface area (Å²) in [6.45, 7) is 9.49. The lowest BCUT2D eigenvalue weighted by molar-refractivity contribution is -0.161. The van der Waals surface area contributed by atoms with E-state index in [2.05, 4.69) is 41.5 Å². The van der Waals surface area contributed by atoms with E-state index in [1.807, 2.05) is 0 Å². The first-order valence-electron chi connectivity index (χ1n) is 37.0. The number of aliphatic hydroxyl groups excluding tert-OH is 1. The highest BCUT2D eigenvalue weighted by atomic mass is 31.2.